The maximum absolute atomic E-state index is 12.1. The molecular formula is C14H20N2O3S. The van der Waals surface area contributed by atoms with Crippen LogP contribution in [0.15, 0.2) is 24.4 Å². The van der Waals surface area contributed by atoms with Crippen molar-refractivity contribution in [2.45, 2.75) is 38.4 Å². The molecule has 2 atom stereocenters. The average molecular weight is 296 g/mol. The third kappa shape index (κ3) is 3.79. The first-order chi connectivity index (χ1) is 9.40. The Hall–Kier alpha value is -1.43. The van der Waals surface area contributed by atoms with E-state index in [2.05, 4.69) is 9.71 Å². The number of hydrogen-bond donors (Lipinski definition) is 1. The van der Waals surface area contributed by atoms with Crippen LogP contribution in [0.5, 0.6) is 0 Å². The smallest absolute Gasteiger partial charge is 0.243 e. The van der Waals surface area contributed by atoms with Crippen LogP contribution < -0.4 is 4.72 Å². The van der Waals surface area contributed by atoms with Crippen LogP contribution in [0.2, 0.25) is 0 Å². The molecule has 1 heterocycles. The van der Waals surface area contributed by atoms with Crippen molar-refractivity contribution in [3.8, 4) is 0 Å². The number of carbonyl (C=O) groups excluding carboxylic acids is 1. The van der Waals surface area contributed by atoms with Gasteiger partial charge in [0.05, 0.1) is 5.69 Å². The Balaban J connectivity index is 1.97. The number of nitrogens with zero attached hydrogens (tertiary/aromatic N) is 1. The summed E-state index contributed by atoms with van der Waals surface area (Å²) in [6, 6.07) is 5.09. The van der Waals surface area contributed by atoms with Gasteiger partial charge in [0.25, 0.3) is 0 Å². The fraction of sp³-hybridized carbons (Fsp3) is 0.571. The van der Waals surface area contributed by atoms with Crippen LogP contribution >= 0.6 is 0 Å². The monoisotopic (exact) mass is 296 g/mol. The van der Waals surface area contributed by atoms with E-state index in [0.29, 0.717) is 11.6 Å². The fourth-order valence-corrected chi connectivity index (χ4v) is 3.22. The molecule has 1 saturated carbocycles. The topological polar surface area (TPSA) is 76.1 Å². The Morgan fingerprint density at radius 2 is 2.10 bits per heavy atom. The van der Waals surface area contributed by atoms with Gasteiger partial charge in [0.15, 0.2) is 0 Å². The molecule has 1 aliphatic rings. The molecule has 1 aliphatic carbocycles. The third-order valence-electron chi connectivity index (χ3n) is 3.76. The molecule has 5 nitrogen and oxygen atoms in total. The van der Waals surface area contributed by atoms with Gasteiger partial charge in [0, 0.05) is 12.6 Å². The Morgan fingerprint density at radius 1 is 1.40 bits per heavy atom. The lowest BCUT2D eigenvalue weighted by Gasteiger charge is -2.15. The maximum atomic E-state index is 12.1. The van der Waals surface area contributed by atoms with E-state index in [4.69, 9.17) is 0 Å². The summed E-state index contributed by atoms with van der Waals surface area (Å²) in [5, 5.41) is -0.844. The first-order valence-corrected chi connectivity index (χ1v) is 8.40. The number of pyridine rings is 1. The highest BCUT2D eigenvalue weighted by Crippen LogP contribution is 2.38. The van der Waals surface area contributed by atoms with Gasteiger partial charge in [-0.2, -0.15) is 0 Å². The number of sulfonamides is 1. The maximum Gasteiger partial charge on any atom is 0.243 e. The van der Waals surface area contributed by atoms with E-state index < -0.39 is 21.2 Å². The van der Waals surface area contributed by atoms with E-state index in [-0.39, 0.29) is 12.3 Å². The lowest BCUT2D eigenvalue weighted by atomic mass is 10.0. The zero-order valence-electron chi connectivity index (χ0n) is 11.7. The zero-order chi connectivity index (χ0) is 14.8. The molecule has 6 heteroatoms. The van der Waals surface area contributed by atoms with Crippen molar-refractivity contribution in [1.29, 1.82) is 0 Å². The van der Waals surface area contributed by atoms with Gasteiger partial charge in [0.1, 0.15) is 5.25 Å². The molecule has 0 radical (unpaired) electrons. The highest BCUT2D eigenvalue weighted by atomic mass is 32.2. The first-order valence-electron chi connectivity index (χ1n) is 6.85. The molecule has 0 saturated heterocycles. The molecule has 2 rings (SSSR count). The molecule has 0 spiro atoms. The van der Waals surface area contributed by atoms with Gasteiger partial charge in [-0.3, -0.25) is 14.5 Å². The number of nitrogens with one attached hydrogen (secondary N) is 1. The Labute approximate surface area is 119 Å². The van der Waals surface area contributed by atoms with Crippen LogP contribution in [0.25, 0.3) is 0 Å². The molecule has 2 unspecified atom stereocenters. The van der Waals surface area contributed by atoms with Crippen molar-refractivity contribution in [3.05, 3.63) is 30.1 Å². The predicted molar refractivity (Wildman–Crippen MR) is 76.2 cm³/mol. The van der Waals surface area contributed by atoms with Crippen molar-refractivity contribution in [2.75, 3.05) is 0 Å². The third-order valence-corrected chi connectivity index (χ3v) is 5.44. The van der Waals surface area contributed by atoms with Crippen LogP contribution in [0.1, 0.15) is 44.1 Å². The molecule has 1 aromatic heterocycles. The van der Waals surface area contributed by atoms with Crippen molar-refractivity contribution >= 4 is 15.9 Å². The van der Waals surface area contributed by atoms with Gasteiger partial charge in [-0.05, 0) is 43.7 Å². The molecule has 1 fully saturated rings. The lowest BCUT2D eigenvalue weighted by molar-refractivity contribution is -0.120. The Bertz CT molecular complexity index is 567. The fourth-order valence-electron chi connectivity index (χ4n) is 2.19. The minimum atomic E-state index is -3.73. The van der Waals surface area contributed by atoms with E-state index in [1.165, 1.54) is 6.92 Å². The SMILES string of the molecule is CC(CC(=O)NS(=O)(=O)C(C)c1ccccn1)C1CC1. The summed E-state index contributed by atoms with van der Waals surface area (Å²) in [5.74, 6) is 0.402. The molecule has 1 amide bonds. The predicted octanol–water partition coefficient (Wildman–Crippen LogP) is 2.02. The van der Waals surface area contributed by atoms with Crippen molar-refractivity contribution in [3.63, 3.8) is 0 Å². The molecule has 0 bridgehead atoms. The highest BCUT2D eigenvalue weighted by molar-refractivity contribution is 7.90. The van der Waals surface area contributed by atoms with Crippen molar-refractivity contribution in [1.82, 2.24) is 9.71 Å². The standard InChI is InChI=1S/C14H20N2O3S/c1-10(12-6-7-12)9-14(17)16-20(18,19)11(2)13-5-3-4-8-15-13/h3-5,8,10-12H,6-7,9H2,1-2H3,(H,16,17). The molecule has 1 aromatic rings. The molecular weight excluding hydrogens is 276 g/mol. The van der Waals surface area contributed by atoms with E-state index >= 15 is 0 Å². The van der Waals surface area contributed by atoms with Gasteiger partial charge in [-0.25, -0.2) is 8.42 Å². The van der Waals surface area contributed by atoms with Gasteiger partial charge in [-0.1, -0.05) is 13.0 Å². The first kappa shape index (κ1) is 15.0. The lowest BCUT2D eigenvalue weighted by Crippen LogP contribution is -2.34. The van der Waals surface area contributed by atoms with Gasteiger partial charge < -0.3 is 0 Å². The molecule has 0 aliphatic heterocycles. The molecule has 20 heavy (non-hydrogen) atoms. The van der Waals surface area contributed by atoms with Crippen LogP contribution in [-0.2, 0) is 14.8 Å². The summed E-state index contributed by atoms with van der Waals surface area (Å²) in [7, 11) is -3.73. The zero-order valence-corrected chi connectivity index (χ0v) is 12.6. The normalized spacial score (nSPS) is 18.3. The van der Waals surface area contributed by atoms with Gasteiger partial charge in [0.2, 0.25) is 15.9 Å². The quantitative estimate of drug-likeness (QED) is 0.871. The van der Waals surface area contributed by atoms with Crippen LogP contribution in [0.3, 0.4) is 0 Å². The van der Waals surface area contributed by atoms with E-state index in [1.807, 2.05) is 6.92 Å². The summed E-state index contributed by atoms with van der Waals surface area (Å²) < 4.78 is 26.4. The average Bonchev–Trinajstić information content (AvgIpc) is 3.22. The molecule has 1 N–H and O–H groups in total. The Morgan fingerprint density at radius 3 is 2.65 bits per heavy atom. The summed E-state index contributed by atoms with van der Waals surface area (Å²) in [5.41, 5.74) is 0.433. The van der Waals surface area contributed by atoms with Gasteiger partial charge >= 0.3 is 0 Å². The van der Waals surface area contributed by atoms with E-state index in [9.17, 15) is 13.2 Å². The summed E-state index contributed by atoms with van der Waals surface area (Å²) in [6.07, 6.45) is 4.09. The largest absolute Gasteiger partial charge is 0.274 e. The van der Waals surface area contributed by atoms with E-state index in [1.54, 1.807) is 24.4 Å². The minimum absolute atomic E-state index is 0.246. The van der Waals surface area contributed by atoms with Crippen molar-refractivity contribution in [2.24, 2.45) is 11.8 Å². The van der Waals surface area contributed by atoms with Crippen LogP contribution in [0, 0.1) is 11.8 Å². The second kappa shape index (κ2) is 5.91. The molecule has 0 aromatic carbocycles. The van der Waals surface area contributed by atoms with E-state index in [0.717, 1.165) is 12.8 Å². The number of aromatic nitrogens is 1. The number of rotatable bonds is 6. The number of hydrogen-bond acceptors (Lipinski definition) is 4. The van der Waals surface area contributed by atoms with Crippen molar-refractivity contribution < 1.29 is 13.2 Å². The summed E-state index contributed by atoms with van der Waals surface area (Å²) in [6.45, 7) is 3.52. The number of amides is 1. The second-order valence-electron chi connectivity index (χ2n) is 5.49. The summed E-state index contributed by atoms with van der Waals surface area (Å²) in [4.78, 5) is 15.8. The second-order valence-corrected chi connectivity index (χ2v) is 7.49. The van der Waals surface area contributed by atoms with Crippen LogP contribution in [0.4, 0.5) is 0 Å². The minimum Gasteiger partial charge on any atom is -0.274 e. The molecule has 110 valence electrons. The van der Waals surface area contributed by atoms with Gasteiger partial charge in [-0.15, -0.1) is 0 Å². The van der Waals surface area contributed by atoms with Crippen LogP contribution in [-0.4, -0.2) is 19.3 Å². The highest BCUT2D eigenvalue weighted by Gasteiger charge is 2.31. The Kier molecular flexibility index (Phi) is 4.42. The number of carbonyl (C=O) groups is 1. The summed E-state index contributed by atoms with van der Waals surface area (Å²) >= 11 is 0.